The number of hydrogen-bond donors (Lipinski definition) is 2. The molecular weight excluding hydrogens is 357 g/mol. The lowest BCUT2D eigenvalue weighted by molar-refractivity contribution is 0.143. The summed E-state index contributed by atoms with van der Waals surface area (Å²) in [6, 6.07) is 14.2. The summed E-state index contributed by atoms with van der Waals surface area (Å²) in [5.74, 6) is 0.532. The van der Waals surface area contributed by atoms with E-state index in [0.29, 0.717) is 19.7 Å². The molecule has 0 aliphatic carbocycles. The Morgan fingerprint density at radius 3 is 2.71 bits per heavy atom. The van der Waals surface area contributed by atoms with Crippen molar-refractivity contribution in [3.63, 3.8) is 0 Å². The largest absolute Gasteiger partial charge is 0.494 e. The summed E-state index contributed by atoms with van der Waals surface area (Å²) in [5, 5.41) is 6.40. The van der Waals surface area contributed by atoms with E-state index in [1.165, 1.54) is 12.1 Å². The molecule has 1 heterocycles. The summed E-state index contributed by atoms with van der Waals surface area (Å²) in [6.07, 6.45) is 2.09. The van der Waals surface area contributed by atoms with Crippen LogP contribution in [0.15, 0.2) is 48.5 Å². The van der Waals surface area contributed by atoms with Crippen LogP contribution in [0.1, 0.15) is 38.3 Å². The molecule has 0 saturated carbocycles. The summed E-state index contributed by atoms with van der Waals surface area (Å²) in [7, 11) is 0. The topological polar surface area (TPSA) is 53.6 Å². The Kier molecular flexibility index (Phi) is 6.87. The number of unbranched alkanes of at least 4 members (excludes halogenated alkanes) is 1. The van der Waals surface area contributed by atoms with Crippen molar-refractivity contribution in [3.8, 4) is 5.75 Å². The number of nitrogens with one attached hydrogen (secondary N) is 2. The number of carbonyl (C=O) groups excluding carboxylic acids is 1. The molecule has 28 heavy (non-hydrogen) atoms. The molecular formula is C22H28FN3O2. The Balaban J connectivity index is 1.43. The number of benzene rings is 2. The third-order valence-electron chi connectivity index (χ3n) is 4.88. The maximum atomic E-state index is 13.0. The molecule has 1 fully saturated rings. The minimum atomic E-state index is -0.234. The number of ether oxygens (including phenoxy) is 1. The van der Waals surface area contributed by atoms with Crippen LogP contribution in [0.5, 0.6) is 5.75 Å². The van der Waals surface area contributed by atoms with Gasteiger partial charge in [0.2, 0.25) is 0 Å². The van der Waals surface area contributed by atoms with Gasteiger partial charge in [0.05, 0.1) is 6.61 Å². The number of likely N-dealkylation sites (tertiary alicyclic amines) is 1. The van der Waals surface area contributed by atoms with Gasteiger partial charge in [0.15, 0.2) is 0 Å². The van der Waals surface area contributed by atoms with Crippen LogP contribution in [0.4, 0.5) is 14.9 Å². The third kappa shape index (κ3) is 5.45. The Morgan fingerprint density at radius 2 is 2.00 bits per heavy atom. The van der Waals surface area contributed by atoms with Gasteiger partial charge in [-0.25, -0.2) is 9.18 Å². The summed E-state index contributed by atoms with van der Waals surface area (Å²) in [5.41, 5.74) is 1.76. The fourth-order valence-corrected chi connectivity index (χ4v) is 3.15. The van der Waals surface area contributed by atoms with Gasteiger partial charge >= 0.3 is 6.03 Å². The van der Waals surface area contributed by atoms with Gasteiger partial charge in [-0.15, -0.1) is 0 Å². The average Bonchev–Trinajstić information content (AvgIpc) is 2.65. The van der Waals surface area contributed by atoms with Gasteiger partial charge in [0, 0.05) is 36.9 Å². The molecule has 2 N–H and O–H groups in total. The lowest BCUT2D eigenvalue weighted by Gasteiger charge is -2.41. The van der Waals surface area contributed by atoms with Crippen LogP contribution in [-0.2, 0) is 0 Å². The van der Waals surface area contributed by atoms with Crippen LogP contribution in [0.2, 0.25) is 0 Å². The molecule has 1 atom stereocenters. The first-order chi connectivity index (χ1) is 13.5. The lowest BCUT2D eigenvalue weighted by Crippen LogP contribution is -2.61. The van der Waals surface area contributed by atoms with Crippen LogP contribution in [0.3, 0.4) is 0 Å². The number of urea groups is 1. The number of carbonyl (C=O) groups is 1. The van der Waals surface area contributed by atoms with E-state index in [1.807, 2.05) is 31.2 Å². The second-order valence-corrected chi connectivity index (χ2v) is 7.20. The fraction of sp³-hybridized carbons (Fsp3) is 0.409. The molecule has 150 valence electrons. The van der Waals surface area contributed by atoms with Gasteiger partial charge in [-0.1, -0.05) is 31.5 Å². The molecule has 2 aromatic carbocycles. The standard InChI is InChI=1S/C22H28FN3O2/c1-3-4-12-28-21-7-5-6-19(13-21)25-22(27)26-14-20(15-26)24-16(2)17-8-10-18(23)11-9-17/h5-11,13,16,20,24H,3-4,12,14-15H2,1-2H3,(H,25,27). The highest BCUT2D eigenvalue weighted by Crippen LogP contribution is 2.20. The molecule has 2 amide bonds. The molecule has 3 rings (SSSR count). The van der Waals surface area contributed by atoms with Crippen molar-refractivity contribution in [3.05, 3.63) is 59.9 Å². The minimum absolute atomic E-state index is 0.104. The van der Waals surface area contributed by atoms with Crippen molar-refractivity contribution in [2.45, 2.75) is 38.8 Å². The van der Waals surface area contributed by atoms with Crippen molar-refractivity contribution in [1.29, 1.82) is 0 Å². The predicted octanol–water partition coefficient (Wildman–Crippen LogP) is 4.57. The molecule has 6 heteroatoms. The van der Waals surface area contributed by atoms with Crippen molar-refractivity contribution >= 4 is 11.7 Å². The zero-order chi connectivity index (χ0) is 19.9. The summed E-state index contributed by atoms with van der Waals surface area (Å²) in [6.45, 7) is 6.13. The quantitative estimate of drug-likeness (QED) is 0.655. The van der Waals surface area contributed by atoms with Gasteiger partial charge in [-0.3, -0.25) is 0 Å². The molecule has 2 aromatic rings. The van der Waals surface area contributed by atoms with Crippen molar-refractivity contribution in [2.75, 3.05) is 25.0 Å². The maximum absolute atomic E-state index is 13.0. The number of halogens is 1. The number of anilines is 1. The third-order valence-corrected chi connectivity index (χ3v) is 4.88. The molecule has 1 saturated heterocycles. The minimum Gasteiger partial charge on any atom is -0.494 e. The Morgan fingerprint density at radius 1 is 1.25 bits per heavy atom. The van der Waals surface area contributed by atoms with E-state index >= 15 is 0 Å². The highest BCUT2D eigenvalue weighted by molar-refractivity contribution is 5.90. The summed E-state index contributed by atoms with van der Waals surface area (Å²) >= 11 is 0. The van der Waals surface area contributed by atoms with E-state index in [1.54, 1.807) is 17.0 Å². The van der Waals surface area contributed by atoms with E-state index in [4.69, 9.17) is 4.74 Å². The van der Waals surface area contributed by atoms with E-state index in [0.717, 1.165) is 29.8 Å². The maximum Gasteiger partial charge on any atom is 0.321 e. The van der Waals surface area contributed by atoms with Crippen LogP contribution in [-0.4, -0.2) is 36.7 Å². The monoisotopic (exact) mass is 385 g/mol. The number of nitrogens with zero attached hydrogens (tertiary/aromatic N) is 1. The van der Waals surface area contributed by atoms with Crippen molar-refractivity contribution < 1.29 is 13.9 Å². The number of hydrogen-bond acceptors (Lipinski definition) is 3. The van der Waals surface area contributed by atoms with Crippen LogP contribution < -0.4 is 15.4 Å². The summed E-state index contributed by atoms with van der Waals surface area (Å²) in [4.78, 5) is 14.2. The van der Waals surface area contributed by atoms with Gasteiger partial charge in [0.25, 0.3) is 0 Å². The van der Waals surface area contributed by atoms with Gasteiger partial charge in [-0.2, -0.15) is 0 Å². The van der Waals surface area contributed by atoms with E-state index in [-0.39, 0.29) is 23.9 Å². The number of rotatable bonds is 8. The van der Waals surface area contributed by atoms with Gasteiger partial charge in [-0.05, 0) is 43.2 Å². The van der Waals surface area contributed by atoms with Gasteiger partial charge in [0.1, 0.15) is 11.6 Å². The van der Waals surface area contributed by atoms with E-state index < -0.39 is 0 Å². The van der Waals surface area contributed by atoms with Gasteiger partial charge < -0.3 is 20.3 Å². The number of amides is 2. The SMILES string of the molecule is CCCCOc1cccc(NC(=O)N2CC(NC(C)c3ccc(F)cc3)C2)c1. The highest BCUT2D eigenvalue weighted by atomic mass is 19.1. The molecule has 1 aliphatic rings. The molecule has 1 aliphatic heterocycles. The average molecular weight is 385 g/mol. The molecule has 0 radical (unpaired) electrons. The van der Waals surface area contributed by atoms with E-state index in [2.05, 4.69) is 17.6 Å². The Hall–Kier alpha value is -2.60. The predicted molar refractivity (Wildman–Crippen MR) is 109 cm³/mol. The first-order valence-electron chi connectivity index (χ1n) is 9.85. The van der Waals surface area contributed by atoms with Crippen molar-refractivity contribution in [1.82, 2.24) is 10.2 Å². The zero-order valence-electron chi connectivity index (χ0n) is 16.5. The lowest BCUT2D eigenvalue weighted by atomic mass is 10.0. The smallest absolute Gasteiger partial charge is 0.321 e. The molecule has 5 nitrogen and oxygen atoms in total. The zero-order valence-corrected chi connectivity index (χ0v) is 16.5. The molecule has 0 spiro atoms. The molecule has 0 bridgehead atoms. The van der Waals surface area contributed by atoms with Crippen LogP contribution in [0, 0.1) is 5.82 Å². The van der Waals surface area contributed by atoms with E-state index in [9.17, 15) is 9.18 Å². The second-order valence-electron chi connectivity index (χ2n) is 7.20. The fourth-order valence-electron chi connectivity index (χ4n) is 3.15. The van der Waals surface area contributed by atoms with Crippen LogP contribution in [0.25, 0.3) is 0 Å². The normalized spacial score (nSPS) is 15.0. The molecule has 0 aromatic heterocycles. The first kappa shape index (κ1) is 20.1. The van der Waals surface area contributed by atoms with Crippen molar-refractivity contribution in [2.24, 2.45) is 0 Å². The highest BCUT2D eigenvalue weighted by Gasteiger charge is 2.31. The van der Waals surface area contributed by atoms with Crippen LogP contribution >= 0.6 is 0 Å². The summed E-state index contributed by atoms with van der Waals surface area (Å²) < 4.78 is 18.7. The first-order valence-corrected chi connectivity index (χ1v) is 9.85. The Labute approximate surface area is 165 Å². The Bertz CT molecular complexity index is 776. The second kappa shape index (κ2) is 9.55. The molecule has 1 unspecified atom stereocenters.